The molecule has 78 valence electrons. The zero-order valence-electron chi connectivity index (χ0n) is 8.26. The van der Waals surface area contributed by atoms with Crippen LogP contribution >= 0.6 is 11.6 Å². The van der Waals surface area contributed by atoms with E-state index in [2.05, 4.69) is 4.98 Å². The second-order valence-electron chi connectivity index (χ2n) is 3.08. The Kier molecular flexibility index (Phi) is 4.29. The van der Waals surface area contributed by atoms with Crippen molar-refractivity contribution in [3.05, 3.63) is 29.3 Å². The van der Waals surface area contributed by atoms with E-state index in [9.17, 15) is 4.39 Å². The zero-order valence-corrected chi connectivity index (χ0v) is 9.01. The van der Waals surface area contributed by atoms with Crippen LogP contribution in [0.15, 0.2) is 12.3 Å². The van der Waals surface area contributed by atoms with Crippen LogP contribution < -0.4 is 0 Å². The van der Waals surface area contributed by atoms with Crippen molar-refractivity contribution < 1.29 is 9.13 Å². The van der Waals surface area contributed by atoms with Crippen LogP contribution in [0, 0.1) is 12.7 Å². The lowest BCUT2D eigenvalue weighted by Gasteiger charge is -2.10. The van der Waals surface area contributed by atoms with Gasteiger partial charge in [-0.15, -0.1) is 11.6 Å². The average Bonchev–Trinajstić information content (AvgIpc) is 2.18. The van der Waals surface area contributed by atoms with Crippen molar-refractivity contribution >= 4 is 11.6 Å². The molecule has 0 N–H and O–H groups in total. The van der Waals surface area contributed by atoms with E-state index < -0.39 is 5.38 Å². The standard InChI is InChI=1S/C10H13ClFNO/c1-7-3-5-13-10(9(7)12)8(11)4-6-14-2/h3,5,8H,4,6H2,1-2H3. The normalized spacial score (nSPS) is 12.9. The molecule has 1 atom stereocenters. The molecule has 0 saturated heterocycles. The quantitative estimate of drug-likeness (QED) is 0.724. The van der Waals surface area contributed by atoms with E-state index in [1.165, 1.54) is 0 Å². The monoisotopic (exact) mass is 217 g/mol. The molecule has 0 radical (unpaired) electrons. The van der Waals surface area contributed by atoms with E-state index in [-0.39, 0.29) is 5.82 Å². The number of methoxy groups -OCH3 is 1. The largest absolute Gasteiger partial charge is 0.385 e. The van der Waals surface area contributed by atoms with Gasteiger partial charge in [-0.1, -0.05) is 0 Å². The summed E-state index contributed by atoms with van der Waals surface area (Å²) in [4.78, 5) is 3.93. The third-order valence-electron chi connectivity index (χ3n) is 1.98. The zero-order chi connectivity index (χ0) is 10.6. The third kappa shape index (κ3) is 2.66. The van der Waals surface area contributed by atoms with Crippen LogP contribution in [0.4, 0.5) is 4.39 Å². The SMILES string of the molecule is COCCC(Cl)c1nccc(C)c1F. The highest BCUT2D eigenvalue weighted by molar-refractivity contribution is 6.20. The van der Waals surface area contributed by atoms with Gasteiger partial charge in [0, 0.05) is 19.9 Å². The summed E-state index contributed by atoms with van der Waals surface area (Å²) in [5, 5.41) is -0.421. The lowest BCUT2D eigenvalue weighted by molar-refractivity contribution is 0.193. The Morgan fingerprint density at radius 2 is 2.36 bits per heavy atom. The number of hydrogen-bond donors (Lipinski definition) is 0. The number of halogens is 2. The first-order valence-corrected chi connectivity index (χ1v) is 4.84. The molecule has 0 saturated carbocycles. The number of alkyl halides is 1. The molecule has 14 heavy (non-hydrogen) atoms. The Hall–Kier alpha value is -0.670. The summed E-state index contributed by atoms with van der Waals surface area (Å²) in [5.41, 5.74) is 0.877. The molecule has 1 unspecified atom stereocenters. The Bertz CT molecular complexity index is 306. The fourth-order valence-electron chi connectivity index (χ4n) is 1.14. The van der Waals surface area contributed by atoms with E-state index in [0.717, 1.165) is 0 Å². The fourth-order valence-corrected chi connectivity index (χ4v) is 1.38. The van der Waals surface area contributed by atoms with Gasteiger partial charge in [0.05, 0.1) is 11.1 Å². The molecule has 0 aromatic carbocycles. The molecule has 0 spiro atoms. The molecular weight excluding hydrogens is 205 g/mol. The van der Waals surface area contributed by atoms with Crippen molar-refractivity contribution in [2.24, 2.45) is 0 Å². The maximum Gasteiger partial charge on any atom is 0.149 e. The van der Waals surface area contributed by atoms with Crippen LogP contribution in [-0.4, -0.2) is 18.7 Å². The topological polar surface area (TPSA) is 22.1 Å². The van der Waals surface area contributed by atoms with Gasteiger partial charge < -0.3 is 4.74 Å². The summed E-state index contributed by atoms with van der Waals surface area (Å²) in [6.45, 7) is 2.20. The number of hydrogen-bond acceptors (Lipinski definition) is 2. The Morgan fingerprint density at radius 3 is 3.00 bits per heavy atom. The second-order valence-corrected chi connectivity index (χ2v) is 3.60. The molecule has 0 aliphatic rings. The van der Waals surface area contributed by atoms with Crippen molar-refractivity contribution in [2.75, 3.05) is 13.7 Å². The third-order valence-corrected chi connectivity index (χ3v) is 2.41. The van der Waals surface area contributed by atoms with Crippen LogP contribution in [0.3, 0.4) is 0 Å². The van der Waals surface area contributed by atoms with Crippen LogP contribution in [0.1, 0.15) is 23.1 Å². The van der Waals surface area contributed by atoms with Gasteiger partial charge in [-0.25, -0.2) is 4.39 Å². The molecule has 1 aromatic rings. The van der Waals surface area contributed by atoms with Crippen LogP contribution in [0.5, 0.6) is 0 Å². The number of rotatable bonds is 4. The van der Waals surface area contributed by atoms with Gasteiger partial charge in [0.15, 0.2) is 0 Å². The summed E-state index contributed by atoms with van der Waals surface area (Å²) >= 11 is 5.98. The number of nitrogens with zero attached hydrogens (tertiary/aromatic N) is 1. The molecule has 2 nitrogen and oxygen atoms in total. The Balaban J connectivity index is 2.79. The minimum absolute atomic E-state index is 0.309. The van der Waals surface area contributed by atoms with Crippen LogP contribution in [0.25, 0.3) is 0 Å². The molecule has 0 aliphatic carbocycles. The van der Waals surface area contributed by atoms with Crippen molar-refractivity contribution in [2.45, 2.75) is 18.7 Å². The second kappa shape index (κ2) is 5.27. The molecule has 1 aromatic heterocycles. The lowest BCUT2D eigenvalue weighted by atomic mass is 10.1. The van der Waals surface area contributed by atoms with Gasteiger partial charge >= 0.3 is 0 Å². The van der Waals surface area contributed by atoms with Gasteiger partial charge in [0.1, 0.15) is 5.82 Å². The summed E-state index contributed by atoms with van der Waals surface area (Å²) in [6, 6.07) is 1.62. The Labute approximate surface area is 88.1 Å². The summed E-state index contributed by atoms with van der Waals surface area (Å²) in [6.07, 6.45) is 2.13. The highest BCUT2D eigenvalue weighted by Crippen LogP contribution is 2.25. The van der Waals surface area contributed by atoms with E-state index in [0.29, 0.717) is 24.3 Å². The molecule has 0 aliphatic heterocycles. The fraction of sp³-hybridized carbons (Fsp3) is 0.500. The van der Waals surface area contributed by atoms with E-state index in [1.807, 2.05) is 0 Å². The molecule has 0 bridgehead atoms. The molecular formula is C10H13ClFNO. The predicted molar refractivity (Wildman–Crippen MR) is 54.0 cm³/mol. The Morgan fingerprint density at radius 1 is 1.64 bits per heavy atom. The smallest absolute Gasteiger partial charge is 0.149 e. The maximum absolute atomic E-state index is 13.5. The lowest BCUT2D eigenvalue weighted by Crippen LogP contribution is -2.03. The summed E-state index contributed by atoms with van der Waals surface area (Å²) < 4.78 is 18.4. The van der Waals surface area contributed by atoms with E-state index in [1.54, 1.807) is 26.3 Å². The molecule has 1 rings (SSSR count). The molecule has 0 fully saturated rings. The predicted octanol–water partition coefficient (Wildman–Crippen LogP) is 2.85. The number of aryl methyl sites for hydroxylation is 1. The van der Waals surface area contributed by atoms with E-state index in [4.69, 9.17) is 16.3 Å². The number of ether oxygens (including phenoxy) is 1. The highest BCUT2D eigenvalue weighted by Gasteiger charge is 2.15. The van der Waals surface area contributed by atoms with E-state index >= 15 is 0 Å². The molecule has 1 heterocycles. The average molecular weight is 218 g/mol. The molecule has 0 amide bonds. The van der Waals surface area contributed by atoms with Crippen molar-refractivity contribution in [1.82, 2.24) is 4.98 Å². The van der Waals surface area contributed by atoms with Crippen LogP contribution in [-0.2, 0) is 4.74 Å². The van der Waals surface area contributed by atoms with Gasteiger partial charge in [0.25, 0.3) is 0 Å². The molecule has 4 heteroatoms. The van der Waals surface area contributed by atoms with Crippen LogP contribution in [0.2, 0.25) is 0 Å². The van der Waals surface area contributed by atoms with Gasteiger partial charge in [0.2, 0.25) is 0 Å². The maximum atomic E-state index is 13.5. The first kappa shape index (κ1) is 11.4. The van der Waals surface area contributed by atoms with Gasteiger partial charge in [-0.2, -0.15) is 0 Å². The van der Waals surface area contributed by atoms with Crippen molar-refractivity contribution in [3.63, 3.8) is 0 Å². The van der Waals surface area contributed by atoms with Crippen molar-refractivity contribution in [3.8, 4) is 0 Å². The van der Waals surface area contributed by atoms with Gasteiger partial charge in [-0.3, -0.25) is 4.98 Å². The first-order valence-electron chi connectivity index (χ1n) is 4.40. The minimum Gasteiger partial charge on any atom is -0.385 e. The minimum atomic E-state index is -0.421. The summed E-state index contributed by atoms with van der Waals surface area (Å²) in [5.74, 6) is -0.316. The van der Waals surface area contributed by atoms with Crippen molar-refractivity contribution in [1.29, 1.82) is 0 Å². The van der Waals surface area contributed by atoms with Gasteiger partial charge in [-0.05, 0) is 25.0 Å². The first-order chi connectivity index (χ1) is 6.66. The highest BCUT2D eigenvalue weighted by atomic mass is 35.5. The number of pyridine rings is 1. The summed E-state index contributed by atoms with van der Waals surface area (Å²) in [7, 11) is 1.59. The number of aromatic nitrogens is 1.